The number of fused-ring (bicyclic) bond motifs is 1. The Labute approximate surface area is 291 Å². The molecule has 5 rings (SSSR count). The predicted octanol–water partition coefficient (Wildman–Crippen LogP) is 0.956. The standard InChI is InChI=1S/C30H40N8O10S2/c1-29(2)23(26(40)38(29)48-50(43,44)45)36-25(39)22(19-14-49-28(33)35-19)37-47-30(3,27(41)42)21-11-7-16-12-17(6-10-20(16)46-21)24(32)34-18-8-4-15(13-31)5-9-18/h6,10,12,14-15,18,21,23H,4-5,7-9,11,13,31H2,1-3H3,(H2,32,34)(H2,33,35)(H,36,39)(H,41,42)(H,43,44,45)/b37-22-/t15?,18?,21-,23-,30+/m1/s1. The van der Waals surface area contributed by atoms with Crippen LogP contribution in [0.5, 0.6) is 5.75 Å². The van der Waals surface area contributed by atoms with Crippen molar-refractivity contribution < 1.29 is 46.3 Å². The first kappa shape index (κ1) is 36.9. The fourth-order valence-electron chi connectivity index (χ4n) is 6.16. The number of carbonyl (C=O) groups excluding carboxylic acids is 2. The number of thiazole rings is 1. The second-order valence-electron chi connectivity index (χ2n) is 13.1. The monoisotopic (exact) mass is 736 g/mol. The van der Waals surface area contributed by atoms with Crippen LogP contribution < -0.4 is 26.8 Å². The van der Waals surface area contributed by atoms with Crippen LogP contribution in [0.15, 0.2) is 28.7 Å². The second kappa shape index (κ2) is 14.1. The van der Waals surface area contributed by atoms with Gasteiger partial charge in [-0.25, -0.2) is 9.78 Å². The van der Waals surface area contributed by atoms with E-state index in [0.717, 1.165) is 42.6 Å². The fourth-order valence-corrected chi connectivity index (χ4v) is 7.16. The van der Waals surface area contributed by atoms with Gasteiger partial charge in [-0.15, -0.1) is 15.6 Å². The maximum Gasteiger partial charge on any atom is 0.418 e. The highest BCUT2D eigenvalue weighted by molar-refractivity contribution is 7.80. The average molecular weight is 737 g/mol. The number of nitrogen functional groups attached to an aromatic ring is 1. The summed E-state index contributed by atoms with van der Waals surface area (Å²) in [6.07, 6.45) is 3.44. The highest BCUT2D eigenvalue weighted by Gasteiger charge is 2.58. The molecule has 9 N–H and O–H groups in total. The number of nitrogens with one attached hydrogen (secondary N) is 3. The molecule has 1 aliphatic carbocycles. The number of amidine groups is 1. The van der Waals surface area contributed by atoms with Gasteiger partial charge in [0.15, 0.2) is 16.9 Å². The highest BCUT2D eigenvalue weighted by atomic mass is 32.3. The molecular formula is C30H40N8O10S2. The molecule has 2 aromatic rings. The van der Waals surface area contributed by atoms with Crippen molar-refractivity contribution in [3.8, 4) is 5.75 Å². The summed E-state index contributed by atoms with van der Waals surface area (Å²) in [6, 6.07) is 4.09. The van der Waals surface area contributed by atoms with Gasteiger partial charge in [0.05, 0.1) is 5.54 Å². The number of β-lactam (4-membered cyclic amide) rings is 1. The molecule has 20 heteroatoms. The maximum absolute atomic E-state index is 13.5. The zero-order valence-corrected chi connectivity index (χ0v) is 29.2. The normalized spacial score (nSPS) is 24.5. The number of oxime groups is 1. The van der Waals surface area contributed by atoms with Crippen LogP contribution in [0.4, 0.5) is 5.13 Å². The van der Waals surface area contributed by atoms with Crippen molar-refractivity contribution in [1.82, 2.24) is 20.7 Å². The van der Waals surface area contributed by atoms with E-state index >= 15 is 0 Å². The Morgan fingerprint density at radius 3 is 2.52 bits per heavy atom. The van der Waals surface area contributed by atoms with E-state index < -0.39 is 57.2 Å². The number of carboxylic acids is 1. The minimum Gasteiger partial charge on any atom is -0.485 e. The van der Waals surface area contributed by atoms with E-state index in [9.17, 15) is 27.9 Å². The lowest BCUT2D eigenvalue weighted by molar-refractivity contribution is -0.218. The largest absolute Gasteiger partial charge is 0.485 e. The van der Waals surface area contributed by atoms with Crippen LogP contribution >= 0.6 is 11.3 Å². The third-order valence-electron chi connectivity index (χ3n) is 9.29. The van der Waals surface area contributed by atoms with Crippen molar-refractivity contribution in [2.45, 2.75) is 88.6 Å². The van der Waals surface area contributed by atoms with Crippen LogP contribution in [-0.2, 0) is 40.3 Å². The zero-order chi connectivity index (χ0) is 36.6. The quantitative estimate of drug-likeness (QED) is 0.0526. The van der Waals surface area contributed by atoms with Crippen LogP contribution in [0.25, 0.3) is 0 Å². The number of hydrogen-bond acceptors (Lipinski definition) is 14. The van der Waals surface area contributed by atoms with Gasteiger partial charge in [0.25, 0.3) is 17.4 Å². The molecule has 1 saturated heterocycles. The summed E-state index contributed by atoms with van der Waals surface area (Å²) in [6.45, 7) is 4.66. The molecule has 0 spiro atoms. The van der Waals surface area contributed by atoms with Crippen LogP contribution in [0.3, 0.4) is 0 Å². The molecule has 2 amide bonds. The number of aryl methyl sites for hydroxylation is 1. The summed E-state index contributed by atoms with van der Waals surface area (Å²) < 4.78 is 41.8. The summed E-state index contributed by atoms with van der Waals surface area (Å²) in [5, 5.41) is 30.3. The molecule has 272 valence electrons. The average Bonchev–Trinajstić information content (AvgIpc) is 3.50. The molecule has 0 radical (unpaired) electrons. The van der Waals surface area contributed by atoms with Crippen molar-refractivity contribution in [3.05, 3.63) is 40.4 Å². The number of anilines is 1. The Bertz CT molecular complexity index is 1810. The number of carboxylic acid groups (broad SMARTS) is 1. The molecular weight excluding hydrogens is 697 g/mol. The minimum atomic E-state index is -5.03. The van der Waals surface area contributed by atoms with E-state index in [1.807, 2.05) is 6.07 Å². The summed E-state index contributed by atoms with van der Waals surface area (Å²) in [5.74, 6) is -2.23. The lowest BCUT2D eigenvalue weighted by atomic mass is 9.84. The lowest BCUT2D eigenvalue weighted by Crippen LogP contribution is -2.76. The van der Waals surface area contributed by atoms with Gasteiger partial charge in [-0.05, 0) is 95.5 Å². The number of benzene rings is 1. The first-order valence-corrected chi connectivity index (χ1v) is 18.1. The number of carbonyl (C=O) groups is 3. The maximum atomic E-state index is 13.5. The van der Waals surface area contributed by atoms with Gasteiger partial charge in [-0.2, -0.15) is 13.5 Å². The molecule has 18 nitrogen and oxygen atoms in total. The molecule has 3 atom stereocenters. The predicted molar refractivity (Wildman–Crippen MR) is 180 cm³/mol. The number of ether oxygens (including phenoxy) is 1. The van der Waals surface area contributed by atoms with Gasteiger partial charge in [0.1, 0.15) is 23.3 Å². The first-order valence-electron chi connectivity index (χ1n) is 15.8. The number of nitrogens with two attached hydrogens (primary N) is 2. The second-order valence-corrected chi connectivity index (χ2v) is 15.0. The van der Waals surface area contributed by atoms with E-state index in [0.29, 0.717) is 41.1 Å². The summed E-state index contributed by atoms with van der Waals surface area (Å²) >= 11 is 0.965. The van der Waals surface area contributed by atoms with Gasteiger partial charge in [-0.1, -0.05) is 5.16 Å². The summed E-state index contributed by atoms with van der Waals surface area (Å²) in [4.78, 5) is 48.4. The van der Waals surface area contributed by atoms with Crippen LogP contribution in [0, 0.1) is 11.3 Å². The Hall–Kier alpha value is -4.37. The molecule has 1 aromatic heterocycles. The SMILES string of the molecule is CC1(C)[C@H](NC(=O)/C(=N\O[C@](C)(C(=O)O)[C@H]2CCc3cc(C(=N)NC4CCC(CN)CC4)ccc3O2)c2csc(N)n2)C(=O)N1OS(=O)(=O)O. The number of hydrogen-bond donors (Lipinski definition) is 7. The van der Waals surface area contributed by atoms with Crippen molar-refractivity contribution >= 4 is 56.2 Å². The van der Waals surface area contributed by atoms with Crippen molar-refractivity contribution in [1.29, 1.82) is 5.41 Å². The van der Waals surface area contributed by atoms with E-state index in [2.05, 4.69) is 25.1 Å². The summed E-state index contributed by atoms with van der Waals surface area (Å²) in [7, 11) is -5.03. The number of amides is 2. The van der Waals surface area contributed by atoms with Gasteiger partial charge in [0.2, 0.25) is 0 Å². The molecule has 0 unspecified atom stereocenters. The Kier molecular flexibility index (Phi) is 10.4. The smallest absolute Gasteiger partial charge is 0.418 e. The minimum absolute atomic E-state index is 0.0584. The topological polar surface area (TPSA) is 282 Å². The summed E-state index contributed by atoms with van der Waals surface area (Å²) in [5.41, 5.74) is 8.86. The van der Waals surface area contributed by atoms with E-state index in [-0.39, 0.29) is 23.3 Å². The molecule has 2 fully saturated rings. The third kappa shape index (κ3) is 7.68. The Morgan fingerprint density at radius 1 is 1.24 bits per heavy atom. The number of hydroxylamine groups is 2. The number of rotatable bonds is 12. The van der Waals surface area contributed by atoms with E-state index in [4.69, 9.17) is 31.0 Å². The van der Waals surface area contributed by atoms with Crippen molar-refractivity contribution in [3.63, 3.8) is 0 Å². The first-order chi connectivity index (χ1) is 23.4. The molecule has 0 bridgehead atoms. The van der Waals surface area contributed by atoms with Gasteiger partial charge < -0.3 is 36.8 Å². The molecule has 1 aromatic carbocycles. The molecule has 50 heavy (non-hydrogen) atoms. The number of aliphatic carboxylic acids is 1. The Morgan fingerprint density at radius 2 is 1.94 bits per heavy atom. The van der Waals surface area contributed by atoms with Crippen LogP contribution in [0.2, 0.25) is 0 Å². The lowest BCUT2D eigenvalue weighted by Gasteiger charge is -2.50. The number of aromatic nitrogens is 1. The highest BCUT2D eigenvalue weighted by Crippen LogP contribution is 2.36. The number of nitrogens with zero attached hydrogens (tertiary/aromatic N) is 3. The zero-order valence-electron chi connectivity index (χ0n) is 27.5. The molecule has 3 heterocycles. The Balaban J connectivity index is 1.31. The van der Waals surface area contributed by atoms with Gasteiger partial charge in [0, 0.05) is 17.0 Å². The van der Waals surface area contributed by atoms with Gasteiger partial charge >= 0.3 is 16.4 Å². The molecule has 3 aliphatic rings. The molecule has 1 saturated carbocycles. The molecule has 2 aliphatic heterocycles. The van der Waals surface area contributed by atoms with E-state index in [1.54, 1.807) is 12.1 Å². The fraction of sp³-hybridized carbons (Fsp3) is 0.533. The van der Waals surface area contributed by atoms with Gasteiger partial charge in [-0.3, -0.25) is 19.6 Å². The van der Waals surface area contributed by atoms with Crippen molar-refractivity contribution in [2.24, 2.45) is 16.8 Å². The van der Waals surface area contributed by atoms with Crippen LogP contribution in [-0.4, -0.2) is 93.3 Å². The third-order valence-corrected chi connectivity index (χ3v) is 10.3. The van der Waals surface area contributed by atoms with Crippen LogP contribution in [0.1, 0.15) is 69.7 Å². The van der Waals surface area contributed by atoms with E-state index in [1.165, 1.54) is 26.2 Å². The van der Waals surface area contributed by atoms with Crippen molar-refractivity contribution in [2.75, 3.05) is 12.3 Å².